The van der Waals surface area contributed by atoms with Crippen molar-refractivity contribution >= 4 is 11.9 Å². The first-order valence-electron chi connectivity index (χ1n) is 14.0. The Balaban J connectivity index is 1.32. The second kappa shape index (κ2) is 9.49. The van der Waals surface area contributed by atoms with E-state index >= 15 is 0 Å². The summed E-state index contributed by atoms with van der Waals surface area (Å²) in [6.07, 6.45) is 13.3. The van der Waals surface area contributed by atoms with Crippen LogP contribution in [0.2, 0.25) is 0 Å². The molecule has 1 aromatic rings. The fourth-order valence-electron chi connectivity index (χ4n) is 7.21. The zero-order valence-corrected chi connectivity index (χ0v) is 21.6. The fraction of sp³-hybridized carbons (Fsp3) is 0.655. The highest BCUT2D eigenvalue weighted by Crippen LogP contribution is 2.45. The Morgan fingerprint density at radius 3 is 2.81 bits per heavy atom. The normalized spacial score (nSPS) is 39.3. The molecule has 0 aliphatic carbocycles. The van der Waals surface area contributed by atoms with Crippen LogP contribution in [0.5, 0.6) is 0 Å². The van der Waals surface area contributed by atoms with Crippen LogP contribution in [0, 0.1) is 5.92 Å². The molecule has 0 saturated carbocycles. The molecule has 1 aromatic carbocycles. The van der Waals surface area contributed by atoms with Gasteiger partial charge in [-0.15, -0.1) is 0 Å². The predicted molar refractivity (Wildman–Crippen MR) is 136 cm³/mol. The minimum absolute atomic E-state index is 0.0514. The Bertz CT molecular complexity index is 1040. The number of ether oxygens (including phenoxy) is 3. The molecule has 7 atom stereocenters. The van der Waals surface area contributed by atoms with Crippen molar-refractivity contribution in [3.05, 3.63) is 48.0 Å². The monoisotopic (exact) mass is 494 g/mol. The number of hydrogen-bond acceptors (Lipinski definition) is 6. The van der Waals surface area contributed by atoms with Crippen LogP contribution in [0.1, 0.15) is 77.2 Å². The van der Waals surface area contributed by atoms with Gasteiger partial charge in [-0.1, -0.05) is 49.4 Å². The van der Waals surface area contributed by atoms with Gasteiger partial charge in [0.2, 0.25) is 5.72 Å². The summed E-state index contributed by atoms with van der Waals surface area (Å²) in [7, 11) is 0. The Labute approximate surface area is 214 Å². The SMILES string of the molecule is CC[C@H]1C=CCC[C@@]2(C[C@@H]3CC[C@@H]4[C@H](C(=O)OCc5ccccc5)[C@]5(CCC[C@@H](C)O5)NC(=[N+]34)N2)O1. The number of allylic oxidation sites excluding steroid dienone is 1. The van der Waals surface area contributed by atoms with Crippen LogP contribution in [0.25, 0.3) is 0 Å². The van der Waals surface area contributed by atoms with E-state index in [1.54, 1.807) is 0 Å². The van der Waals surface area contributed by atoms with Crippen LogP contribution < -0.4 is 10.6 Å². The zero-order valence-electron chi connectivity index (χ0n) is 21.6. The lowest BCUT2D eigenvalue weighted by atomic mass is 9.80. The average molecular weight is 495 g/mol. The van der Waals surface area contributed by atoms with E-state index in [1.165, 1.54) is 0 Å². The van der Waals surface area contributed by atoms with Gasteiger partial charge in [-0.2, -0.15) is 0 Å². The molecule has 2 fully saturated rings. The Morgan fingerprint density at radius 1 is 1.14 bits per heavy atom. The van der Waals surface area contributed by atoms with Crippen molar-refractivity contribution in [3.63, 3.8) is 0 Å². The van der Waals surface area contributed by atoms with Gasteiger partial charge in [-0.3, -0.25) is 9.37 Å². The molecule has 0 bridgehead atoms. The molecular weight excluding hydrogens is 454 g/mol. The summed E-state index contributed by atoms with van der Waals surface area (Å²) in [5.74, 6) is 0.437. The quantitative estimate of drug-likeness (QED) is 0.375. The van der Waals surface area contributed by atoms with Crippen molar-refractivity contribution in [2.45, 2.75) is 114 Å². The number of benzene rings is 1. The molecule has 0 radical (unpaired) electrons. The molecule has 194 valence electrons. The molecule has 7 heteroatoms. The molecule has 5 aliphatic heterocycles. The summed E-state index contributed by atoms with van der Waals surface area (Å²) in [6, 6.07) is 10.3. The van der Waals surface area contributed by atoms with E-state index in [9.17, 15) is 4.79 Å². The van der Waals surface area contributed by atoms with Crippen molar-refractivity contribution in [3.8, 4) is 0 Å². The molecule has 2 spiro atoms. The minimum Gasteiger partial charge on any atom is -0.460 e. The Morgan fingerprint density at radius 2 is 2.00 bits per heavy atom. The van der Waals surface area contributed by atoms with Crippen LogP contribution in [-0.4, -0.2) is 52.2 Å². The highest BCUT2D eigenvalue weighted by atomic mass is 16.6. The maximum atomic E-state index is 13.8. The number of nitrogens with one attached hydrogen (secondary N) is 2. The Kier molecular flexibility index (Phi) is 6.32. The van der Waals surface area contributed by atoms with E-state index in [0.717, 1.165) is 69.3 Å². The number of carbonyl (C=O) groups is 1. The van der Waals surface area contributed by atoms with E-state index in [2.05, 4.69) is 41.2 Å². The maximum absolute atomic E-state index is 13.8. The van der Waals surface area contributed by atoms with E-state index in [4.69, 9.17) is 14.2 Å². The first-order valence-corrected chi connectivity index (χ1v) is 14.0. The molecule has 0 unspecified atom stereocenters. The molecule has 2 N–H and O–H groups in total. The standard InChI is InChI=1S/C29H39N3O4/c1-3-23-13-7-8-16-28(36-23)18-22-14-15-24-25(26(33)34-19-21-11-5-4-6-12-21)29(17-9-10-20(2)35-29)31-27(30-28)32(22)24/h4-7,11-13,20,22-25H,3,8-10,14-19H2,1-2H3,(H,30,31)/p+1/t20-,22+,23+,24-,25-,28+,29-/m1/s1. The van der Waals surface area contributed by atoms with Crippen LogP contribution in [0.4, 0.5) is 0 Å². The maximum Gasteiger partial charge on any atom is 0.350 e. The summed E-state index contributed by atoms with van der Waals surface area (Å²) in [5.41, 5.74) is -0.162. The van der Waals surface area contributed by atoms with Crippen LogP contribution in [0.3, 0.4) is 0 Å². The van der Waals surface area contributed by atoms with E-state index in [1.807, 2.05) is 30.3 Å². The van der Waals surface area contributed by atoms with Crippen LogP contribution >= 0.6 is 0 Å². The number of nitrogens with zero attached hydrogens (tertiary/aromatic N) is 1. The van der Waals surface area contributed by atoms with Gasteiger partial charge < -0.3 is 14.2 Å². The molecule has 2 saturated heterocycles. The second-order valence-electron chi connectivity index (χ2n) is 11.3. The van der Waals surface area contributed by atoms with Crippen molar-refractivity contribution in [2.75, 3.05) is 0 Å². The highest BCUT2D eigenvalue weighted by molar-refractivity contribution is 5.82. The molecule has 5 aliphatic rings. The van der Waals surface area contributed by atoms with Crippen molar-refractivity contribution in [1.82, 2.24) is 10.6 Å². The van der Waals surface area contributed by atoms with Gasteiger partial charge in [0.05, 0.1) is 24.3 Å². The number of rotatable bonds is 4. The topological polar surface area (TPSA) is 71.8 Å². The van der Waals surface area contributed by atoms with Gasteiger partial charge >= 0.3 is 11.9 Å². The molecule has 0 aromatic heterocycles. The molecule has 5 heterocycles. The minimum atomic E-state index is -0.768. The first-order chi connectivity index (χ1) is 17.5. The first kappa shape index (κ1) is 24.0. The van der Waals surface area contributed by atoms with E-state index in [0.29, 0.717) is 6.04 Å². The van der Waals surface area contributed by atoms with E-state index < -0.39 is 11.4 Å². The summed E-state index contributed by atoms with van der Waals surface area (Å²) >= 11 is 0. The number of esters is 1. The van der Waals surface area contributed by atoms with Gasteiger partial charge in [0, 0.05) is 19.3 Å². The van der Waals surface area contributed by atoms with Crippen LogP contribution in [0.15, 0.2) is 42.5 Å². The smallest absolute Gasteiger partial charge is 0.350 e. The molecule has 36 heavy (non-hydrogen) atoms. The summed E-state index contributed by atoms with van der Waals surface area (Å²) in [5, 5.41) is 7.58. The third kappa shape index (κ3) is 4.24. The van der Waals surface area contributed by atoms with Crippen molar-refractivity contribution < 1.29 is 23.6 Å². The van der Waals surface area contributed by atoms with Gasteiger partial charge in [0.1, 0.15) is 6.61 Å². The third-order valence-electron chi connectivity index (χ3n) is 8.83. The van der Waals surface area contributed by atoms with Gasteiger partial charge in [0.25, 0.3) is 0 Å². The predicted octanol–water partition coefficient (Wildman–Crippen LogP) is 3.97. The van der Waals surface area contributed by atoms with Gasteiger partial charge in [-0.25, -0.2) is 10.6 Å². The largest absolute Gasteiger partial charge is 0.460 e. The van der Waals surface area contributed by atoms with Crippen molar-refractivity contribution in [1.29, 1.82) is 0 Å². The lowest BCUT2D eigenvalue weighted by Crippen LogP contribution is -2.76. The van der Waals surface area contributed by atoms with Crippen molar-refractivity contribution in [2.24, 2.45) is 5.92 Å². The van der Waals surface area contributed by atoms with E-state index in [-0.39, 0.29) is 36.7 Å². The lowest BCUT2D eigenvalue weighted by molar-refractivity contribution is -0.609. The van der Waals surface area contributed by atoms with Gasteiger partial charge in [0.15, 0.2) is 11.6 Å². The number of guanidine groups is 1. The summed E-state index contributed by atoms with van der Waals surface area (Å²) < 4.78 is 21.8. The molecule has 6 rings (SSSR count). The molecular formula is C29H40N3O4+. The summed E-state index contributed by atoms with van der Waals surface area (Å²) in [6.45, 7) is 4.58. The highest BCUT2D eigenvalue weighted by Gasteiger charge is 2.64. The fourth-order valence-corrected chi connectivity index (χ4v) is 7.21. The second-order valence-corrected chi connectivity index (χ2v) is 11.3. The lowest BCUT2D eigenvalue weighted by Gasteiger charge is -2.50. The number of hydrogen-bond donors (Lipinski definition) is 2. The average Bonchev–Trinajstić information content (AvgIpc) is 3.18. The molecule has 7 nitrogen and oxygen atoms in total. The Hall–Kier alpha value is -2.38. The zero-order chi connectivity index (χ0) is 24.8. The number of carbonyl (C=O) groups excluding carboxylic acids is 1. The summed E-state index contributed by atoms with van der Waals surface area (Å²) in [4.78, 5) is 13.8. The van der Waals surface area contributed by atoms with Crippen LogP contribution in [-0.2, 0) is 25.6 Å². The molecule has 0 amide bonds. The van der Waals surface area contributed by atoms with Gasteiger partial charge in [-0.05, 0) is 51.0 Å². The third-order valence-corrected chi connectivity index (χ3v) is 8.83.